The maximum Gasteiger partial charge on any atom is 0.181 e. The van der Waals surface area contributed by atoms with Crippen LogP contribution >= 0.6 is 11.3 Å². The molecule has 2 heterocycles. The van der Waals surface area contributed by atoms with Crippen LogP contribution in [0.4, 0.5) is 5.69 Å². The van der Waals surface area contributed by atoms with Crippen LogP contribution in [0.25, 0.3) is 11.3 Å². The summed E-state index contributed by atoms with van der Waals surface area (Å²) < 4.78 is 5.28. The predicted octanol–water partition coefficient (Wildman–Crippen LogP) is 3.89. The van der Waals surface area contributed by atoms with Gasteiger partial charge in [0.25, 0.3) is 0 Å². The van der Waals surface area contributed by atoms with Crippen LogP contribution in [0.5, 0.6) is 0 Å². The van der Waals surface area contributed by atoms with Crippen LogP contribution in [0.15, 0.2) is 53.4 Å². The maximum atomic E-state index is 8.80. The summed E-state index contributed by atoms with van der Waals surface area (Å²) in [5.74, 6) is 0.747. The lowest BCUT2D eigenvalue weighted by Crippen LogP contribution is -1.97. The zero-order valence-electron chi connectivity index (χ0n) is 10.5. The number of anilines is 1. The summed E-state index contributed by atoms with van der Waals surface area (Å²) in [5.41, 5.74) is 1.99. The highest BCUT2D eigenvalue weighted by molar-refractivity contribution is 7.12. The molecule has 3 aromatic rings. The highest BCUT2D eigenvalue weighted by Gasteiger charge is 2.03. The fraction of sp³-hybridized carbons (Fsp3) is 0.0667. The van der Waals surface area contributed by atoms with Crippen LogP contribution in [0.2, 0.25) is 0 Å². The largest absolute Gasteiger partial charge is 0.444 e. The van der Waals surface area contributed by atoms with Gasteiger partial charge >= 0.3 is 0 Å². The van der Waals surface area contributed by atoms with Crippen LogP contribution in [-0.4, -0.2) is 4.98 Å². The number of nitrogens with zero attached hydrogens (tertiary/aromatic N) is 2. The molecule has 0 saturated carbocycles. The van der Waals surface area contributed by atoms with Crippen molar-refractivity contribution in [1.29, 1.82) is 5.26 Å². The third kappa shape index (κ3) is 2.71. The van der Waals surface area contributed by atoms with E-state index in [2.05, 4.69) is 16.4 Å². The lowest BCUT2D eigenvalue weighted by atomic mass is 10.1. The Bertz CT molecular complexity index is 741. The van der Waals surface area contributed by atoms with Crippen LogP contribution in [0.1, 0.15) is 9.75 Å². The zero-order chi connectivity index (χ0) is 13.8. The minimum Gasteiger partial charge on any atom is -0.444 e. The molecule has 0 radical (unpaired) electrons. The number of oxazole rings is 1. The smallest absolute Gasteiger partial charge is 0.181 e. The van der Waals surface area contributed by atoms with E-state index in [0.29, 0.717) is 6.54 Å². The van der Waals surface area contributed by atoms with Crippen LogP contribution < -0.4 is 5.32 Å². The molecule has 1 aromatic carbocycles. The molecule has 1 N–H and O–H groups in total. The average Bonchev–Trinajstić information content (AvgIpc) is 3.17. The van der Waals surface area contributed by atoms with E-state index in [1.54, 1.807) is 6.20 Å². The highest BCUT2D eigenvalue weighted by Crippen LogP contribution is 2.23. The van der Waals surface area contributed by atoms with Crippen LogP contribution in [0.3, 0.4) is 0 Å². The molecule has 98 valence electrons. The molecule has 0 bridgehead atoms. The van der Waals surface area contributed by atoms with Crippen molar-refractivity contribution in [3.05, 3.63) is 58.7 Å². The summed E-state index contributed by atoms with van der Waals surface area (Å²) in [4.78, 5) is 5.78. The Labute approximate surface area is 120 Å². The number of nitrogens with one attached hydrogen (secondary N) is 1. The van der Waals surface area contributed by atoms with Gasteiger partial charge in [0.05, 0.1) is 6.20 Å². The first-order valence-electron chi connectivity index (χ1n) is 6.07. The van der Waals surface area contributed by atoms with Gasteiger partial charge in [-0.3, -0.25) is 0 Å². The molecule has 0 amide bonds. The van der Waals surface area contributed by atoms with Gasteiger partial charge in [0.2, 0.25) is 0 Å². The molecule has 4 nitrogen and oxygen atoms in total. The van der Waals surface area contributed by atoms with Gasteiger partial charge in [0.1, 0.15) is 10.9 Å². The lowest BCUT2D eigenvalue weighted by Gasteiger charge is -2.06. The molecule has 20 heavy (non-hydrogen) atoms. The highest BCUT2D eigenvalue weighted by atomic mass is 32.1. The molecule has 0 atom stereocenters. The van der Waals surface area contributed by atoms with Crippen LogP contribution in [0, 0.1) is 11.3 Å². The minimum absolute atomic E-state index is 0.701. The summed E-state index contributed by atoms with van der Waals surface area (Å²) >= 11 is 1.50. The van der Waals surface area contributed by atoms with Gasteiger partial charge in [0.15, 0.2) is 12.2 Å². The van der Waals surface area contributed by atoms with Crippen molar-refractivity contribution in [2.45, 2.75) is 6.54 Å². The second-order valence-electron chi connectivity index (χ2n) is 4.18. The van der Waals surface area contributed by atoms with E-state index in [1.807, 2.05) is 36.4 Å². The van der Waals surface area contributed by atoms with Gasteiger partial charge in [-0.05, 0) is 24.3 Å². The molecule has 0 aliphatic heterocycles. The number of hydrogen-bond donors (Lipinski definition) is 1. The second-order valence-corrected chi connectivity index (χ2v) is 5.35. The van der Waals surface area contributed by atoms with Gasteiger partial charge in [-0.25, -0.2) is 4.98 Å². The molecule has 0 aliphatic carbocycles. The molecular weight excluding hydrogens is 270 g/mol. The first kappa shape index (κ1) is 12.5. The summed E-state index contributed by atoms with van der Waals surface area (Å²) in [7, 11) is 0. The van der Waals surface area contributed by atoms with Crippen molar-refractivity contribution >= 4 is 17.0 Å². The van der Waals surface area contributed by atoms with E-state index in [0.717, 1.165) is 26.8 Å². The number of rotatable bonds is 4. The topological polar surface area (TPSA) is 61.9 Å². The Morgan fingerprint density at radius 1 is 1.30 bits per heavy atom. The Morgan fingerprint density at radius 2 is 2.25 bits per heavy atom. The van der Waals surface area contributed by atoms with Crippen molar-refractivity contribution in [2.24, 2.45) is 0 Å². The van der Waals surface area contributed by atoms with Gasteiger partial charge in [0, 0.05) is 22.7 Å². The molecule has 0 spiro atoms. The number of aromatic nitrogens is 1. The van der Waals surface area contributed by atoms with Crippen LogP contribution in [-0.2, 0) is 6.54 Å². The quantitative estimate of drug-likeness (QED) is 0.788. The van der Waals surface area contributed by atoms with Gasteiger partial charge in [-0.1, -0.05) is 12.1 Å². The minimum atomic E-state index is 0.701. The van der Waals surface area contributed by atoms with Gasteiger partial charge in [-0.15, -0.1) is 11.3 Å². The SMILES string of the molecule is N#Cc1ccc(CNc2cccc(-c3cnco3)c2)s1. The normalized spacial score (nSPS) is 10.2. The average molecular weight is 281 g/mol. The number of nitriles is 1. The standard InChI is InChI=1S/C15H11N3OS/c16-7-13-4-5-14(20-13)8-18-12-3-1-2-11(6-12)15-9-17-10-19-15/h1-6,9-10,18H,8H2. The van der Waals surface area contributed by atoms with E-state index in [1.165, 1.54) is 17.7 Å². The lowest BCUT2D eigenvalue weighted by molar-refractivity contribution is 0.572. The first-order chi connectivity index (χ1) is 9.85. The number of thiophene rings is 1. The zero-order valence-corrected chi connectivity index (χ0v) is 11.4. The molecule has 5 heteroatoms. The van der Waals surface area contributed by atoms with Crippen molar-refractivity contribution in [3.63, 3.8) is 0 Å². The summed E-state index contributed by atoms with van der Waals surface area (Å²) in [6, 6.07) is 13.9. The maximum absolute atomic E-state index is 8.80. The number of benzene rings is 1. The molecule has 0 saturated heterocycles. The van der Waals surface area contributed by atoms with Crippen molar-refractivity contribution in [3.8, 4) is 17.4 Å². The molecule has 2 aromatic heterocycles. The summed E-state index contributed by atoms with van der Waals surface area (Å²) in [6.45, 7) is 0.701. The Morgan fingerprint density at radius 3 is 3.00 bits per heavy atom. The van der Waals surface area contributed by atoms with Crippen molar-refractivity contribution in [1.82, 2.24) is 4.98 Å². The first-order valence-corrected chi connectivity index (χ1v) is 6.88. The fourth-order valence-electron chi connectivity index (χ4n) is 1.86. The van der Waals surface area contributed by atoms with E-state index in [9.17, 15) is 0 Å². The third-order valence-electron chi connectivity index (χ3n) is 2.82. The predicted molar refractivity (Wildman–Crippen MR) is 78.3 cm³/mol. The third-order valence-corrected chi connectivity index (χ3v) is 3.81. The van der Waals surface area contributed by atoms with E-state index in [-0.39, 0.29) is 0 Å². The van der Waals surface area contributed by atoms with Crippen molar-refractivity contribution in [2.75, 3.05) is 5.32 Å². The Kier molecular flexibility index (Phi) is 3.48. The monoisotopic (exact) mass is 281 g/mol. The van der Waals surface area contributed by atoms with E-state index < -0.39 is 0 Å². The summed E-state index contributed by atoms with van der Waals surface area (Å²) in [6.07, 6.45) is 3.11. The molecule has 3 rings (SSSR count). The van der Waals surface area contributed by atoms with E-state index in [4.69, 9.17) is 9.68 Å². The summed E-state index contributed by atoms with van der Waals surface area (Å²) in [5, 5.41) is 12.1. The Balaban J connectivity index is 1.72. The van der Waals surface area contributed by atoms with Crippen molar-refractivity contribution < 1.29 is 4.42 Å². The fourth-order valence-corrected chi connectivity index (χ4v) is 2.61. The Hall–Kier alpha value is -2.58. The molecular formula is C15H11N3OS. The van der Waals surface area contributed by atoms with E-state index >= 15 is 0 Å². The van der Waals surface area contributed by atoms with Gasteiger partial charge < -0.3 is 9.73 Å². The molecule has 0 unspecified atom stereocenters. The number of hydrogen-bond acceptors (Lipinski definition) is 5. The molecule has 0 fully saturated rings. The second kappa shape index (κ2) is 5.59. The van der Waals surface area contributed by atoms with Gasteiger partial charge in [-0.2, -0.15) is 5.26 Å². The molecule has 0 aliphatic rings.